The molecule has 0 fully saturated rings. The molecule has 0 saturated heterocycles. The van der Waals surface area contributed by atoms with Crippen molar-refractivity contribution >= 4 is 12.0 Å². The number of ether oxygens (including phenoxy) is 4. The van der Waals surface area contributed by atoms with Gasteiger partial charge in [-0.2, -0.15) is 0 Å². The number of nitrogens with one attached hydrogen (secondary N) is 1. The average Bonchev–Trinajstić information content (AvgIpc) is 3.25. The number of carbonyl (C=O) groups excluding carboxylic acids is 1. The zero-order valence-electron chi connectivity index (χ0n) is 18.8. The van der Waals surface area contributed by atoms with Gasteiger partial charge in [-0.05, 0) is 42.0 Å². The van der Waals surface area contributed by atoms with Crippen LogP contribution in [-0.2, 0) is 11.8 Å². The molecule has 1 heterocycles. The van der Waals surface area contributed by atoms with Crippen LogP contribution in [0.25, 0.3) is 6.08 Å². The number of nitrogens with zero attached hydrogens (tertiary/aromatic N) is 2. The minimum Gasteiger partial charge on any atom is -0.497 e. The van der Waals surface area contributed by atoms with Crippen molar-refractivity contribution in [1.82, 2.24) is 14.9 Å². The van der Waals surface area contributed by atoms with Gasteiger partial charge in [-0.25, -0.2) is 4.98 Å². The van der Waals surface area contributed by atoms with Gasteiger partial charge in [0.2, 0.25) is 5.91 Å². The lowest BCUT2D eigenvalue weighted by Gasteiger charge is -2.20. The van der Waals surface area contributed by atoms with Crippen LogP contribution < -0.4 is 24.3 Å². The standard InChI is InChI=1S/C24H27N3O5/c1-27-11-10-25-24(27)23(17-13-19(30-3)15-20(14-17)31-4)26-22(28)9-6-16-12-18(29-2)7-8-21(16)32-5/h6-15,23H,1-5H3,(H,26,28)/b9-6+. The van der Waals surface area contributed by atoms with E-state index in [1.165, 1.54) is 6.08 Å². The van der Waals surface area contributed by atoms with Crippen LogP contribution in [0, 0.1) is 0 Å². The van der Waals surface area contributed by atoms with E-state index in [4.69, 9.17) is 18.9 Å². The predicted octanol–water partition coefficient (Wildman–Crippen LogP) is 3.37. The van der Waals surface area contributed by atoms with Crippen molar-refractivity contribution in [3.8, 4) is 23.0 Å². The summed E-state index contributed by atoms with van der Waals surface area (Å²) in [6.07, 6.45) is 6.63. The first kappa shape index (κ1) is 22.7. The van der Waals surface area contributed by atoms with E-state index in [9.17, 15) is 4.79 Å². The molecule has 3 rings (SSSR count). The molecule has 3 aromatic rings. The van der Waals surface area contributed by atoms with Gasteiger partial charge in [0.15, 0.2) is 0 Å². The molecular formula is C24H27N3O5. The van der Waals surface area contributed by atoms with E-state index in [0.29, 0.717) is 28.8 Å². The van der Waals surface area contributed by atoms with Crippen molar-refractivity contribution in [2.24, 2.45) is 7.05 Å². The summed E-state index contributed by atoms with van der Waals surface area (Å²) in [6, 6.07) is 10.3. The SMILES string of the molecule is COc1cc(OC)cc(C(NC(=O)/C=C/c2cc(OC)ccc2OC)c2nccn2C)c1. The van der Waals surface area contributed by atoms with Gasteiger partial charge in [0.1, 0.15) is 34.9 Å². The lowest BCUT2D eigenvalue weighted by Crippen LogP contribution is -2.29. The maximum atomic E-state index is 12.9. The Hall–Kier alpha value is -3.94. The quantitative estimate of drug-likeness (QED) is 0.517. The molecule has 0 aliphatic carbocycles. The van der Waals surface area contributed by atoms with Crippen molar-refractivity contribution in [3.05, 3.63) is 71.8 Å². The Morgan fingerprint density at radius 1 is 0.969 bits per heavy atom. The lowest BCUT2D eigenvalue weighted by atomic mass is 10.0. The van der Waals surface area contributed by atoms with Crippen LogP contribution in [0.2, 0.25) is 0 Å². The number of aryl methyl sites for hydroxylation is 1. The molecule has 0 radical (unpaired) electrons. The fraction of sp³-hybridized carbons (Fsp3) is 0.250. The third kappa shape index (κ3) is 5.21. The number of rotatable bonds is 9. The number of aromatic nitrogens is 2. The summed E-state index contributed by atoms with van der Waals surface area (Å²) in [7, 11) is 8.19. The summed E-state index contributed by atoms with van der Waals surface area (Å²) in [5, 5.41) is 3.02. The van der Waals surface area contributed by atoms with Crippen molar-refractivity contribution in [3.63, 3.8) is 0 Å². The number of methoxy groups -OCH3 is 4. The van der Waals surface area contributed by atoms with Crippen molar-refractivity contribution < 1.29 is 23.7 Å². The molecule has 0 saturated carbocycles. The van der Waals surface area contributed by atoms with E-state index in [-0.39, 0.29) is 5.91 Å². The molecule has 2 aromatic carbocycles. The fourth-order valence-electron chi connectivity index (χ4n) is 3.27. The molecule has 1 atom stereocenters. The van der Waals surface area contributed by atoms with Gasteiger partial charge in [-0.3, -0.25) is 4.79 Å². The third-order valence-corrected chi connectivity index (χ3v) is 4.96. The van der Waals surface area contributed by atoms with Crippen molar-refractivity contribution in [2.75, 3.05) is 28.4 Å². The predicted molar refractivity (Wildman–Crippen MR) is 121 cm³/mol. The second kappa shape index (κ2) is 10.4. The topological polar surface area (TPSA) is 83.8 Å². The van der Waals surface area contributed by atoms with Gasteiger partial charge in [0, 0.05) is 37.1 Å². The Kier molecular flexibility index (Phi) is 7.38. The molecule has 1 unspecified atom stereocenters. The number of carbonyl (C=O) groups is 1. The number of hydrogen-bond acceptors (Lipinski definition) is 6. The fourth-order valence-corrected chi connectivity index (χ4v) is 3.27. The van der Waals surface area contributed by atoms with Crippen LogP contribution in [0.5, 0.6) is 23.0 Å². The molecule has 8 heteroatoms. The highest BCUT2D eigenvalue weighted by atomic mass is 16.5. The lowest BCUT2D eigenvalue weighted by molar-refractivity contribution is -0.117. The van der Waals surface area contributed by atoms with Gasteiger partial charge >= 0.3 is 0 Å². The minimum absolute atomic E-state index is 0.301. The molecule has 0 aliphatic heterocycles. The van der Waals surface area contributed by atoms with Crippen LogP contribution in [0.3, 0.4) is 0 Å². The smallest absolute Gasteiger partial charge is 0.244 e. The third-order valence-electron chi connectivity index (χ3n) is 4.96. The van der Waals surface area contributed by atoms with E-state index in [1.807, 2.05) is 29.9 Å². The molecule has 8 nitrogen and oxygen atoms in total. The van der Waals surface area contributed by atoms with E-state index >= 15 is 0 Å². The van der Waals surface area contributed by atoms with Crippen LogP contribution in [0.4, 0.5) is 0 Å². The van der Waals surface area contributed by atoms with E-state index in [2.05, 4.69) is 10.3 Å². The Balaban J connectivity index is 1.92. The normalized spacial score (nSPS) is 11.8. The Morgan fingerprint density at radius 3 is 2.22 bits per heavy atom. The van der Waals surface area contributed by atoms with E-state index in [0.717, 1.165) is 11.1 Å². The number of benzene rings is 2. The van der Waals surface area contributed by atoms with Crippen LogP contribution in [0.1, 0.15) is 23.0 Å². The van der Waals surface area contributed by atoms with Crippen LogP contribution in [0.15, 0.2) is 54.9 Å². The second-order valence-corrected chi connectivity index (χ2v) is 6.93. The second-order valence-electron chi connectivity index (χ2n) is 6.93. The summed E-state index contributed by atoms with van der Waals surface area (Å²) in [4.78, 5) is 17.3. The van der Waals surface area contributed by atoms with Gasteiger partial charge < -0.3 is 28.8 Å². The first-order chi connectivity index (χ1) is 15.5. The maximum absolute atomic E-state index is 12.9. The zero-order valence-corrected chi connectivity index (χ0v) is 18.8. The first-order valence-corrected chi connectivity index (χ1v) is 9.89. The molecule has 168 valence electrons. The summed E-state index contributed by atoms with van der Waals surface area (Å²) in [5.74, 6) is 2.90. The molecule has 1 aromatic heterocycles. The van der Waals surface area contributed by atoms with Gasteiger partial charge in [0.05, 0.1) is 28.4 Å². The summed E-state index contributed by atoms with van der Waals surface area (Å²) >= 11 is 0. The molecular weight excluding hydrogens is 410 g/mol. The molecule has 0 aliphatic rings. The highest BCUT2D eigenvalue weighted by Crippen LogP contribution is 2.30. The van der Waals surface area contributed by atoms with E-state index < -0.39 is 6.04 Å². The molecule has 32 heavy (non-hydrogen) atoms. The van der Waals surface area contributed by atoms with Crippen molar-refractivity contribution in [2.45, 2.75) is 6.04 Å². The maximum Gasteiger partial charge on any atom is 0.244 e. The number of imidazole rings is 1. The van der Waals surface area contributed by atoms with Gasteiger partial charge in [-0.15, -0.1) is 0 Å². The molecule has 0 spiro atoms. The first-order valence-electron chi connectivity index (χ1n) is 9.89. The monoisotopic (exact) mass is 437 g/mol. The highest BCUT2D eigenvalue weighted by molar-refractivity contribution is 5.92. The minimum atomic E-state index is -0.525. The van der Waals surface area contributed by atoms with Gasteiger partial charge in [0.25, 0.3) is 0 Å². The largest absolute Gasteiger partial charge is 0.497 e. The summed E-state index contributed by atoms with van der Waals surface area (Å²) in [6.45, 7) is 0. The molecule has 1 N–H and O–H groups in total. The van der Waals surface area contributed by atoms with Crippen LogP contribution >= 0.6 is 0 Å². The Labute approximate surface area is 187 Å². The number of hydrogen-bond donors (Lipinski definition) is 1. The Morgan fingerprint density at radius 2 is 1.66 bits per heavy atom. The Bertz CT molecular complexity index is 1080. The van der Waals surface area contributed by atoms with Crippen molar-refractivity contribution in [1.29, 1.82) is 0 Å². The molecule has 0 bridgehead atoms. The average molecular weight is 437 g/mol. The highest BCUT2D eigenvalue weighted by Gasteiger charge is 2.21. The van der Waals surface area contributed by atoms with Crippen LogP contribution in [-0.4, -0.2) is 43.9 Å². The number of amides is 1. The van der Waals surface area contributed by atoms with Gasteiger partial charge in [-0.1, -0.05) is 0 Å². The van der Waals surface area contributed by atoms with E-state index in [1.54, 1.807) is 65.0 Å². The summed E-state index contributed by atoms with van der Waals surface area (Å²) < 4.78 is 23.3. The zero-order chi connectivity index (χ0) is 23.1. The summed E-state index contributed by atoms with van der Waals surface area (Å²) in [5.41, 5.74) is 1.50. The molecule has 1 amide bonds.